The van der Waals surface area contributed by atoms with Crippen LogP contribution in [0, 0.1) is 0 Å². The van der Waals surface area contributed by atoms with Crippen molar-refractivity contribution in [3.63, 3.8) is 0 Å². The smallest absolute Gasteiger partial charge is 0.166 e. The lowest BCUT2D eigenvalue weighted by molar-refractivity contribution is -0.127. The third-order valence-electron chi connectivity index (χ3n) is 4.29. The molecule has 4 heteroatoms. The number of nitrogens with one attached hydrogen (secondary N) is 2. The van der Waals surface area contributed by atoms with Gasteiger partial charge in [0, 0.05) is 0 Å². The zero-order valence-corrected chi connectivity index (χ0v) is 12.1. The number of hydrogen-bond donors (Lipinski definition) is 2. The Morgan fingerprint density at radius 1 is 1.17 bits per heavy atom. The van der Waals surface area contributed by atoms with Gasteiger partial charge >= 0.3 is 0 Å². The summed E-state index contributed by atoms with van der Waals surface area (Å²) in [7, 11) is 1.86. The molecule has 0 unspecified atom stereocenters. The fourth-order valence-electron chi connectivity index (χ4n) is 2.42. The first-order chi connectivity index (χ1) is 8.34. The standard InChI is InChI=1S/C14H26N2O2/c1-11(17)13(2,3)16-10-12(18)14(15-4)8-6-5-7-9-14/h15-16H,5-10H2,1-4H3. The first-order valence-electron chi connectivity index (χ1n) is 6.82. The second kappa shape index (κ2) is 5.93. The summed E-state index contributed by atoms with van der Waals surface area (Å²) in [5, 5.41) is 6.28. The number of rotatable bonds is 6. The third-order valence-corrected chi connectivity index (χ3v) is 4.29. The molecule has 0 aromatic heterocycles. The van der Waals surface area contributed by atoms with Gasteiger partial charge in [0.25, 0.3) is 0 Å². The van der Waals surface area contributed by atoms with Gasteiger partial charge in [-0.3, -0.25) is 14.9 Å². The molecule has 2 N–H and O–H groups in total. The predicted molar refractivity (Wildman–Crippen MR) is 72.6 cm³/mol. The lowest BCUT2D eigenvalue weighted by Crippen LogP contribution is -2.57. The maximum atomic E-state index is 12.4. The molecule has 1 rings (SSSR count). The van der Waals surface area contributed by atoms with Crippen LogP contribution in [0.25, 0.3) is 0 Å². The van der Waals surface area contributed by atoms with E-state index in [0.29, 0.717) is 0 Å². The quantitative estimate of drug-likeness (QED) is 0.753. The first-order valence-corrected chi connectivity index (χ1v) is 6.82. The molecule has 0 radical (unpaired) electrons. The molecule has 0 spiro atoms. The van der Waals surface area contributed by atoms with Gasteiger partial charge in [-0.2, -0.15) is 0 Å². The van der Waals surface area contributed by atoms with E-state index in [4.69, 9.17) is 0 Å². The van der Waals surface area contributed by atoms with E-state index in [0.717, 1.165) is 25.7 Å². The SMILES string of the molecule is CNC1(C(=O)CNC(C)(C)C(C)=O)CCCCC1. The molecule has 0 amide bonds. The molecule has 1 aliphatic rings. The summed E-state index contributed by atoms with van der Waals surface area (Å²) >= 11 is 0. The van der Waals surface area contributed by atoms with E-state index in [2.05, 4.69) is 10.6 Å². The molecule has 18 heavy (non-hydrogen) atoms. The molecule has 1 saturated carbocycles. The molecule has 0 aromatic carbocycles. The Balaban J connectivity index is 2.61. The van der Waals surface area contributed by atoms with Crippen LogP contribution in [-0.2, 0) is 9.59 Å². The van der Waals surface area contributed by atoms with Gasteiger partial charge < -0.3 is 5.32 Å². The highest BCUT2D eigenvalue weighted by atomic mass is 16.1. The van der Waals surface area contributed by atoms with Crippen molar-refractivity contribution in [1.29, 1.82) is 0 Å². The van der Waals surface area contributed by atoms with Crippen LogP contribution in [0.1, 0.15) is 52.9 Å². The van der Waals surface area contributed by atoms with Gasteiger partial charge in [-0.25, -0.2) is 0 Å². The lowest BCUT2D eigenvalue weighted by atomic mass is 9.78. The second-order valence-electron chi connectivity index (χ2n) is 5.85. The van der Waals surface area contributed by atoms with E-state index in [1.807, 2.05) is 20.9 Å². The highest BCUT2D eigenvalue weighted by molar-refractivity contribution is 5.91. The van der Waals surface area contributed by atoms with E-state index in [-0.39, 0.29) is 23.7 Å². The summed E-state index contributed by atoms with van der Waals surface area (Å²) in [4.78, 5) is 23.8. The van der Waals surface area contributed by atoms with Gasteiger partial charge in [-0.15, -0.1) is 0 Å². The third kappa shape index (κ3) is 3.39. The normalized spacial score (nSPS) is 19.6. The highest BCUT2D eigenvalue weighted by Crippen LogP contribution is 2.28. The van der Waals surface area contributed by atoms with Gasteiger partial charge in [-0.1, -0.05) is 19.3 Å². The van der Waals surface area contributed by atoms with Crippen molar-refractivity contribution in [2.75, 3.05) is 13.6 Å². The van der Waals surface area contributed by atoms with Crippen molar-refractivity contribution < 1.29 is 9.59 Å². The number of ketones is 2. The van der Waals surface area contributed by atoms with E-state index in [9.17, 15) is 9.59 Å². The average molecular weight is 254 g/mol. The van der Waals surface area contributed by atoms with Crippen molar-refractivity contribution in [1.82, 2.24) is 10.6 Å². The molecule has 0 saturated heterocycles. The molecule has 1 fully saturated rings. The fourth-order valence-corrected chi connectivity index (χ4v) is 2.42. The molecular weight excluding hydrogens is 228 g/mol. The van der Waals surface area contributed by atoms with Gasteiger partial charge in [0.05, 0.1) is 17.6 Å². The highest BCUT2D eigenvalue weighted by Gasteiger charge is 2.38. The number of hydrogen-bond acceptors (Lipinski definition) is 4. The van der Waals surface area contributed by atoms with Gasteiger partial charge in [-0.05, 0) is 40.7 Å². The zero-order chi connectivity index (χ0) is 13.8. The Kier molecular flexibility index (Phi) is 5.05. The van der Waals surface area contributed by atoms with Gasteiger partial charge in [0.15, 0.2) is 5.78 Å². The molecule has 0 aliphatic heterocycles. The minimum Gasteiger partial charge on any atom is -0.308 e. The Morgan fingerprint density at radius 3 is 2.17 bits per heavy atom. The Bertz CT molecular complexity index is 318. The molecule has 1 aliphatic carbocycles. The number of carbonyl (C=O) groups is 2. The summed E-state index contributed by atoms with van der Waals surface area (Å²) < 4.78 is 0. The van der Waals surface area contributed by atoms with Crippen molar-refractivity contribution in [3.05, 3.63) is 0 Å². The predicted octanol–water partition coefficient (Wildman–Crippen LogP) is 1.43. The number of carbonyl (C=O) groups excluding carboxylic acids is 2. The Hall–Kier alpha value is -0.740. The topological polar surface area (TPSA) is 58.2 Å². The molecule has 4 nitrogen and oxygen atoms in total. The molecule has 0 aromatic rings. The Labute approximate surface area is 110 Å². The first kappa shape index (κ1) is 15.3. The number of Topliss-reactive ketones (excluding diaryl/α,β-unsaturated/α-hetero) is 2. The van der Waals surface area contributed by atoms with Gasteiger partial charge in [0.2, 0.25) is 0 Å². The zero-order valence-electron chi connectivity index (χ0n) is 12.1. The van der Waals surface area contributed by atoms with Crippen LogP contribution in [-0.4, -0.2) is 36.2 Å². The minimum atomic E-state index is -0.626. The largest absolute Gasteiger partial charge is 0.308 e. The summed E-state index contributed by atoms with van der Waals surface area (Å²) in [6.45, 7) is 5.43. The summed E-state index contributed by atoms with van der Waals surface area (Å²) in [6, 6.07) is 0. The average Bonchev–Trinajstić information content (AvgIpc) is 2.36. The Morgan fingerprint density at radius 2 is 1.72 bits per heavy atom. The summed E-state index contributed by atoms with van der Waals surface area (Å²) in [6.07, 6.45) is 5.23. The van der Waals surface area contributed by atoms with E-state index >= 15 is 0 Å². The lowest BCUT2D eigenvalue weighted by Gasteiger charge is -2.36. The maximum absolute atomic E-state index is 12.4. The van der Waals surface area contributed by atoms with E-state index in [1.54, 1.807) is 6.92 Å². The molecule has 0 heterocycles. The monoisotopic (exact) mass is 254 g/mol. The van der Waals surface area contributed by atoms with Crippen LogP contribution in [0.15, 0.2) is 0 Å². The van der Waals surface area contributed by atoms with Crippen molar-refractivity contribution in [2.24, 2.45) is 0 Å². The number of likely N-dealkylation sites (N-methyl/N-ethyl adjacent to an activating group) is 1. The van der Waals surface area contributed by atoms with Crippen LogP contribution in [0.5, 0.6) is 0 Å². The van der Waals surface area contributed by atoms with Crippen LogP contribution in [0.3, 0.4) is 0 Å². The molecule has 104 valence electrons. The van der Waals surface area contributed by atoms with Crippen LogP contribution >= 0.6 is 0 Å². The van der Waals surface area contributed by atoms with Crippen molar-refractivity contribution in [2.45, 2.75) is 64.0 Å². The van der Waals surface area contributed by atoms with E-state index < -0.39 is 5.54 Å². The minimum absolute atomic E-state index is 0.0532. The maximum Gasteiger partial charge on any atom is 0.166 e. The second-order valence-corrected chi connectivity index (χ2v) is 5.85. The summed E-state index contributed by atoms with van der Waals surface area (Å²) in [5.74, 6) is 0.233. The van der Waals surface area contributed by atoms with Crippen LogP contribution in [0.2, 0.25) is 0 Å². The van der Waals surface area contributed by atoms with Crippen LogP contribution < -0.4 is 10.6 Å². The molecular formula is C14H26N2O2. The van der Waals surface area contributed by atoms with E-state index in [1.165, 1.54) is 6.42 Å². The van der Waals surface area contributed by atoms with Crippen molar-refractivity contribution in [3.8, 4) is 0 Å². The molecule has 0 atom stereocenters. The van der Waals surface area contributed by atoms with Crippen LogP contribution in [0.4, 0.5) is 0 Å². The van der Waals surface area contributed by atoms with Crippen molar-refractivity contribution >= 4 is 11.6 Å². The fraction of sp³-hybridized carbons (Fsp3) is 0.857. The molecule has 0 bridgehead atoms. The van der Waals surface area contributed by atoms with Gasteiger partial charge in [0.1, 0.15) is 5.78 Å². The summed E-state index contributed by atoms with van der Waals surface area (Å²) in [5.41, 5.74) is -1.00.